The van der Waals surface area contributed by atoms with Crippen LogP contribution in [0.3, 0.4) is 0 Å². The number of carbonyl (C=O) groups is 2. The average molecular weight is 268 g/mol. The highest BCUT2D eigenvalue weighted by molar-refractivity contribution is 5.77. The Balaban J connectivity index is 3.11. The molecule has 0 rings (SSSR count). The molecule has 1 unspecified atom stereocenters. The molecule has 0 spiro atoms. The predicted octanol–water partition coefficient (Wildman–Crippen LogP) is 5.09. The van der Waals surface area contributed by atoms with Crippen LogP contribution in [0.1, 0.15) is 91.4 Å². The molecule has 19 heavy (non-hydrogen) atoms. The predicted molar refractivity (Wildman–Crippen MR) is 81.3 cm³/mol. The van der Waals surface area contributed by atoms with Crippen LogP contribution in [0.15, 0.2) is 0 Å². The summed E-state index contributed by atoms with van der Waals surface area (Å²) in [5.74, 6) is 0.895. The molecular weight excluding hydrogens is 236 g/mol. The third kappa shape index (κ3) is 13.6. The van der Waals surface area contributed by atoms with Gasteiger partial charge in [0.05, 0.1) is 0 Å². The minimum Gasteiger partial charge on any atom is -0.300 e. The van der Waals surface area contributed by atoms with E-state index >= 15 is 0 Å². The van der Waals surface area contributed by atoms with E-state index < -0.39 is 0 Å². The fourth-order valence-corrected chi connectivity index (χ4v) is 2.27. The van der Waals surface area contributed by atoms with E-state index in [1.807, 2.05) is 6.92 Å². The first-order valence-corrected chi connectivity index (χ1v) is 8.04. The lowest BCUT2D eigenvalue weighted by molar-refractivity contribution is -0.120. The summed E-state index contributed by atoms with van der Waals surface area (Å²) < 4.78 is 0. The number of carbonyl (C=O) groups excluding carboxylic acids is 2. The quantitative estimate of drug-likeness (QED) is 0.436. The second-order valence-corrected chi connectivity index (χ2v) is 5.93. The minimum atomic E-state index is 0.251. The maximum Gasteiger partial charge on any atom is 0.132 e. The van der Waals surface area contributed by atoms with Crippen molar-refractivity contribution in [1.29, 1.82) is 0 Å². The van der Waals surface area contributed by atoms with Crippen molar-refractivity contribution in [2.24, 2.45) is 5.92 Å². The molecule has 0 aromatic heterocycles. The Morgan fingerprint density at radius 3 is 1.58 bits per heavy atom. The third-order valence-electron chi connectivity index (χ3n) is 3.86. The Bertz CT molecular complexity index is 246. The number of hydrogen-bond acceptors (Lipinski definition) is 2. The van der Waals surface area contributed by atoms with E-state index in [1.54, 1.807) is 13.8 Å². The zero-order valence-corrected chi connectivity index (χ0v) is 13.2. The smallest absolute Gasteiger partial charge is 0.132 e. The SMILES string of the molecule is CC(=O)CCCCCCCCCCCC(C)C(C)=O. The summed E-state index contributed by atoms with van der Waals surface area (Å²) in [5, 5.41) is 0. The van der Waals surface area contributed by atoms with Gasteiger partial charge in [-0.25, -0.2) is 0 Å². The van der Waals surface area contributed by atoms with Gasteiger partial charge < -0.3 is 4.79 Å². The third-order valence-corrected chi connectivity index (χ3v) is 3.86. The summed E-state index contributed by atoms with van der Waals surface area (Å²) in [6, 6.07) is 0. The number of rotatable bonds is 13. The Morgan fingerprint density at radius 1 is 0.737 bits per heavy atom. The fraction of sp³-hybridized carbons (Fsp3) is 0.882. The first kappa shape index (κ1) is 18.3. The Labute approximate surface area is 119 Å². The highest BCUT2D eigenvalue weighted by Crippen LogP contribution is 2.14. The molecule has 0 amide bonds. The van der Waals surface area contributed by atoms with Gasteiger partial charge in [-0.1, -0.05) is 58.3 Å². The van der Waals surface area contributed by atoms with Crippen LogP contribution >= 0.6 is 0 Å². The van der Waals surface area contributed by atoms with Gasteiger partial charge in [-0.2, -0.15) is 0 Å². The highest BCUT2D eigenvalue weighted by Gasteiger charge is 2.05. The van der Waals surface area contributed by atoms with Crippen molar-refractivity contribution in [3.8, 4) is 0 Å². The van der Waals surface area contributed by atoms with Gasteiger partial charge in [-0.05, 0) is 26.7 Å². The van der Waals surface area contributed by atoms with Crippen molar-refractivity contribution in [3.05, 3.63) is 0 Å². The summed E-state index contributed by atoms with van der Waals surface area (Å²) in [6.45, 7) is 5.40. The molecule has 0 saturated heterocycles. The van der Waals surface area contributed by atoms with Crippen LogP contribution in [0.25, 0.3) is 0 Å². The monoisotopic (exact) mass is 268 g/mol. The highest BCUT2D eigenvalue weighted by atomic mass is 16.1. The maximum atomic E-state index is 11.1. The van der Waals surface area contributed by atoms with E-state index in [0.717, 1.165) is 19.3 Å². The first-order valence-electron chi connectivity index (χ1n) is 8.04. The van der Waals surface area contributed by atoms with Gasteiger partial charge >= 0.3 is 0 Å². The molecule has 0 fully saturated rings. The minimum absolute atomic E-state index is 0.251. The molecule has 0 aromatic carbocycles. The van der Waals surface area contributed by atoms with Crippen molar-refractivity contribution in [3.63, 3.8) is 0 Å². The molecule has 0 aromatic rings. The van der Waals surface area contributed by atoms with Gasteiger partial charge in [0.25, 0.3) is 0 Å². The lowest BCUT2D eigenvalue weighted by Gasteiger charge is -2.06. The molecule has 0 heterocycles. The second-order valence-electron chi connectivity index (χ2n) is 5.93. The molecule has 2 nitrogen and oxygen atoms in total. The van der Waals surface area contributed by atoms with Crippen LogP contribution in [-0.4, -0.2) is 11.6 Å². The van der Waals surface area contributed by atoms with Crippen LogP contribution < -0.4 is 0 Å². The Hall–Kier alpha value is -0.660. The van der Waals surface area contributed by atoms with Crippen molar-refractivity contribution >= 4 is 11.6 Å². The zero-order chi connectivity index (χ0) is 14.5. The van der Waals surface area contributed by atoms with E-state index in [2.05, 4.69) is 0 Å². The summed E-state index contributed by atoms with van der Waals surface area (Å²) in [7, 11) is 0. The maximum absolute atomic E-state index is 11.1. The molecule has 1 atom stereocenters. The summed E-state index contributed by atoms with van der Waals surface area (Å²) >= 11 is 0. The number of hydrogen-bond donors (Lipinski definition) is 0. The summed E-state index contributed by atoms with van der Waals surface area (Å²) in [4.78, 5) is 21.8. The number of unbranched alkanes of at least 4 members (excludes halogenated alkanes) is 8. The largest absolute Gasteiger partial charge is 0.300 e. The standard InChI is InChI=1S/C17H32O2/c1-15(17(3)19)13-11-9-7-5-4-6-8-10-12-14-16(2)18/h15H,4-14H2,1-3H3. The van der Waals surface area contributed by atoms with E-state index in [4.69, 9.17) is 0 Å². The zero-order valence-electron chi connectivity index (χ0n) is 13.2. The van der Waals surface area contributed by atoms with Gasteiger partial charge in [0.1, 0.15) is 11.6 Å². The van der Waals surface area contributed by atoms with E-state index in [1.165, 1.54) is 51.4 Å². The lowest BCUT2D eigenvalue weighted by Crippen LogP contribution is -2.05. The van der Waals surface area contributed by atoms with Crippen LogP contribution in [0.2, 0.25) is 0 Å². The van der Waals surface area contributed by atoms with Crippen LogP contribution in [-0.2, 0) is 9.59 Å². The van der Waals surface area contributed by atoms with Crippen molar-refractivity contribution in [2.75, 3.05) is 0 Å². The summed E-state index contributed by atoms with van der Waals surface area (Å²) in [5.41, 5.74) is 0. The van der Waals surface area contributed by atoms with Gasteiger partial charge in [0.2, 0.25) is 0 Å². The number of Topliss-reactive ketones (excluding diaryl/α,β-unsaturated/α-hetero) is 2. The molecule has 0 radical (unpaired) electrons. The second kappa shape index (κ2) is 12.4. The van der Waals surface area contributed by atoms with E-state index in [0.29, 0.717) is 11.6 Å². The molecular formula is C17H32O2. The molecule has 0 aliphatic rings. The van der Waals surface area contributed by atoms with Crippen LogP contribution in [0.4, 0.5) is 0 Å². The molecule has 0 N–H and O–H groups in total. The van der Waals surface area contributed by atoms with Crippen molar-refractivity contribution in [2.45, 2.75) is 91.4 Å². The molecule has 0 aliphatic carbocycles. The Kier molecular flexibility index (Phi) is 11.9. The first-order chi connectivity index (χ1) is 9.04. The van der Waals surface area contributed by atoms with Gasteiger partial charge in [0.15, 0.2) is 0 Å². The average Bonchev–Trinajstić information content (AvgIpc) is 2.35. The molecule has 2 heteroatoms. The fourth-order valence-electron chi connectivity index (χ4n) is 2.27. The van der Waals surface area contributed by atoms with Crippen LogP contribution in [0.5, 0.6) is 0 Å². The lowest BCUT2D eigenvalue weighted by atomic mass is 9.98. The van der Waals surface area contributed by atoms with Gasteiger partial charge in [0, 0.05) is 12.3 Å². The van der Waals surface area contributed by atoms with E-state index in [-0.39, 0.29) is 5.92 Å². The van der Waals surface area contributed by atoms with Gasteiger partial charge in [-0.15, -0.1) is 0 Å². The number of ketones is 2. The Morgan fingerprint density at radius 2 is 1.16 bits per heavy atom. The summed E-state index contributed by atoms with van der Waals surface area (Å²) in [6.07, 6.45) is 13.1. The van der Waals surface area contributed by atoms with Crippen LogP contribution in [0, 0.1) is 5.92 Å². The van der Waals surface area contributed by atoms with Crippen molar-refractivity contribution in [1.82, 2.24) is 0 Å². The molecule has 112 valence electrons. The topological polar surface area (TPSA) is 34.1 Å². The molecule has 0 saturated carbocycles. The van der Waals surface area contributed by atoms with E-state index in [9.17, 15) is 9.59 Å². The normalized spacial score (nSPS) is 12.4. The molecule has 0 bridgehead atoms. The van der Waals surface area contributed by atoms with Gasteiger partial charge in [-0.3, -0.25) is 4.79 Å². The molecule has 0 aliphatic heterocycles. The van der Waals surface area contributed by atoms with Crippen molar-refractivity contribution < 1.29 is 9.59 Å².